The molecule has 1 amide bonds. The maximum absolute atomic E-state index is 13.7. The van der Waals surface area contributed by atoms with E-state index in [1.165, 1.54) is 0 Å². The fourth-order valence-electron chi connectivity index (χ4n) is 5.05. The molecule has 3 N–H and O–H groups in total. The van der Waals surface area contributed by atoms with Gasteiger partial charge in [-0.25, -0.2) is 9.78 Å². The molecule has 1 aliphatic heterocycles. The number of nitrogens with two attached hydrogens (primary N) is 1. The van der Waals surface area contributed by atoms with Gasteiger partial charge in [0.15, 0.2) is 0 Å². The predicted octanol–water partition coefficient (Wildman–Crippen LogP) is 4.84. The van der Waals surface area contributed by atoms with Crippen molar-refractivity contribution >= 4 is 6.09 Å². The Bertz CT molecular complexity index is 1160. The van der Waals surface area contributed by atoms with E-state index < -0.39 is 12.2 Å². The van der Waals surface area contributed by atoms with Crippen LogP contribution in [0.2, 0.25) is 0 Å². The van der Waals surface area contributed by atoms with Crippen molar-refractivity contribution in [1.82, 2.24) is 19.5 Å². The molecule has 0 saturated carbocycles. The Balaban J connectivity index is 1.75. The number of β-amino-alcohol motifs (C(OH)–C–C–N with tert-alkyl or cyclic N) is 1. The molecular formula is C30H41N5O3. The Labute approximate surface area is 226 Å². The fourth-order valence-corrected chi connectivity index (χ4v) is 5.05. The molecule has 0 aliphatic carbocycles. The molecule has 0 spiro atoms. The van der Waals surface area contributed by atoms with Gasteiger partial charge in [0, 0.05) is 31.4 Å². The summed E-state index contributed by atoms with van der Waals surface area (Å²) in [5.74, 6) is 0.799. The van der Waals surface area contributed by atoms with Crippen molar-refractivity contribution in [2.75, 3.05) is 26.2 Å². The molecule has 0 unspecified atom stereocenters. The van der Waals surface area contributed by atoms with Crippen molar-refractivity contribution in [2.45, 2.75) is 58.7 Å². The van der Waals surface area contributed by atoms with E-state index in [1.807, 2.05) is 48.5 Å². The molecule has 0 bridgehead atoms. The quantitative estimate of drug-likeness (QED) is 0.420. The first-order chi connectivity index (χ1) is 18.3. The third-order valence-corrected chi connectivity index (χ3v) is 6.85. The summed E-state index contributed by atoms with van der Waals surface area (Å²) < 4.78 is 2.15. The van der Waals surface area contributed by atoms with Crippen molar-refractivity contribution < 1.29 is 14.7 Å². The second kappa shape index (κ2) is 12.6. The van der Waals surface area contributed by atoms with Gasteiger partial charge in [-0.05, 0) is 36.8 Å². The molecule has 4 rings (SSSR count). The van der Waals surface area contributed by atoms with Crippen LogP contribution in [0, 0.1) is 5.41 Å². The van der Waals surface area contributed by atoms with Gasteiger partial charge in [-0.2, -0.15) is 0 Å². The number of hydrogen-bond acceptors (Lipinski definition) is 6. The van der Waals surface area contributed by atoms with E-state index in [-0.39, 0.29) is 11.5 Å². The van der Waals surface area contributed by atoms with E-state index in [2.05, 4.69) is 43.7 Å². The van der Waals surface area contributed by atoms with Gasteiger partial charge in [0.05, 0.1) is 24.4 Å². The SMILES string of the molecule is CC(C)(C)[C@H](c1nc(-c2ccccc2)cn1Cc1ccccc1)N(CCCN)C(=O)ON1CCC[C@@H](O)C1. The van der Waals surface area contributed by atoms with Gasteiger partial charge in [-0.1, -0.05) is 81.4 Å². The van der Waals surface area contributed by atoms with Crippen molar-refractivity contribution in [1.29, 1.82) is 0 Å². The second-order valence-corrected chi connectivity index (χ2v) is 11.1. The van der Waals surface area contributed by atoms with Crippen molar-refractivity contribution in [3.05, 3.63) is 78.2 Å². The molecule has 38 heavy (non-hydrogen) atoms. The summed E-state index contributed by atoms with van der Waals surface area (Å²) in [6.07, 6.45) is 3.27. The first-order valence-electron chi connectivity index (χ1n) is 13.5. The lowest BCUT2D eigenvalue weighted by Gasteiger charge is -2.40. The number of piperidine rings is 1. The van der Waals surface area contributed by atoms with Crippen LogP contribution in [0.3, 0.4) is 0 Å². The molecule has 2 aromatic carbocycles. The maximum atomic E-state index is 13.7. The summed E-state index contributed by atoms with van der Waals surface area (Å²) in [7, 11) is 0. The molecule has 1 aromatic heterocycles. The molecular weight excluding hydrogens is 478 g/mol. The summed E-state index contributed by atoms with van der Waals surface area (Å²) in [5, 5.41) is 11.7. The van der Waals surface area contributed by atoms with Crippen LogP contribution in [0.5, 0.6) is 0 Å². The minimum absolute atomic E-state index is 0.317. The average Bonchev–Trinajstić information content (AvgIpc) is 3.29. The van der Waals surface area contributed by atoms with Crippen LogP contribution in [0.1, 0.15) is 57.5 Å². The third-order valence-electron chi connectivity index (χ3n) is 6.85. The zero-order chi connectivity index (χ0) is 27.1. The van der Waals surface area contributed by atoms with Crippen LogP contribution in [-0.2, 0) is 11.4 Å². The van der Waals surface area contributed by atoms with Crippen molar-refractivity contribution in [3.8, 4) is 11.3 Å². The summed E-state index contributed by atoms with van der Waals surface area (Å²) in [6.45, 7) is 8.80. The zero-order valence-electron chi connectivity index (χ0n) is 22.8. The maximum Gasteiger partial charge on any atom is 0.429 e. The molecule has 0 radical (unpaired) electrons. The number of nitrogens with zero attached hydrogens (tertiary/aromatic N) is 4. The number of carbonyl (C=O) groups is 1. The minimum Gasteiger partial charge on any atom is -0.392 e. The average molecular weight is 520 g/mol. The topological polar surface area (TPSA) is 96.9 Å². The Kier molecular flexibility index (Phi) is 9.20. The largest absolute Gasteiger partial charge is 0.429 e. The number of aromatic nitrogens is 2. The Morgan fingerprint density at radius 2 is 1.84 bits per heavy atom. The number of hydrogen-bond donors (Lipinski definition) is 2. The molecule has 8 nitrogen and oxygen atoms in total. The van der Waals surface area contributed by atoms with Crippen molar-refractivity contribution in [2.24, 2.45) is 11.1 Å². The molecule has 3 aromatic rings. The van der Waals surface area contributed by atoms with Crippen LogP contribution in [0.4, 0.5) is 4.79 Å². The van der Waals surface area contributed by atoms with E-state index in [9.17, 15) is 9.90 Å². The van der Waals surface area contributed by atoms with Crippen LogP contribution < -0.4 is 5.73 Å². The Hall–Kier alpha value is -3.20. The molecule has 1 aliphatic rings. The Morgan fingerprint density at radius 3 is 2.47 bits per heavy atom. The summed E-state index contributed by atoms with van der Waals surface area (Å²) >= 11 is 0. The molecule has 8 heteroatoms. The van der Waals surface area contributed by atoms with Gasteiger partial charge >= 0.3 is 6.09 Å². The number of aliphatic hydroxyl groups excluding tert-OH is 1. The number of aliphatic hydroxyl groups is 1. The highest BCUT2D eigenvalue weighted by Gasteiger charge is 2.40. The van der Waals surface area contributed by atoms with Gasteiger partial charge < -0.3 is 20.2 Å². The molecule has 204 valence electrons. The van der Waals surface area contributed by atoms with Gasteiger partial charge in [0.25, 0.3) is 0 Å². The standard InChI is InChI=1S/C30H41N5O3/c1-30(2,3)27(35(19-11-17-31)29(37)38-34-18-10-16-25(36)21-34)28-32-26(24-14-8-5-9-15-24)22-33(28)20-23-12-6-4-7-13-23/h4-9,12-15,22,25,27,36H,10-11,16-21,31H2,1-3H3/t25-,27+/m1/s1. The smallest absolute Gasteiger partial charge is 0.392 e. The lowest BCUT2D eigenvalue weighted by atomic mass is 9.84. The lowest BCUT2D eigenvalue weighted by molar-refractivity contribution is -0.149. The lowest BCUT2D eigenvalue weighted by Crippen LogP contribution is -2.47. The van der Waals surface area contributed by atoms with Crippen LogP contribution in [-0.4, -0.2) is 63.0 Å². The summed E-state index contributed by atoms with van der Waals surface area (Å²) in [6, 6.07) is 20.0. The van der Waals surface area contributed by atoms with Gasteiger partial charge in [0.1, 0.15) is 5.82 Å². The van der Waals surface area contributed by atoms with Gasteiger partial charge in [-0.15, -0.1) is 5.06 Å². The number of carbonyl (C=O) groups excluding carboxylic acids is 1. The fraction of sp³-hybridized carbons (Fsp3) is 0.467. The second-order valence-electron chi connectivity index (χ2n) is 11.1. The van der Waals surface area contributed by atoms with Gasteiger partial charge in [-0.3, -0.25) is 4.90 Å². The van der Waals surface area contributed by atoms with E-state index in [0.29, 0.717) is 39.1 Å². The zero-order valence-corrected chi connectivity index (χ0v) is 22.8. The normalized spacial score (nSPS) is 17.2. The number of amides is 1. The van der Waals surface area contributed by atoms with E-state index >= 15 is 0 Å². The van der Waals surface area contributed by atoms with Crippen LogP contribution >= 0.6 is 0 Å². The number of imidazole rings is 1. The van der Waals surface area contributed by atoms with Crippen LogP contribution in [0.15, 0.2) is 66.9 Å². The summed E-state index contributed by atoms with van der Waals surface area (Å²) in [5.41, 5.74) is 8.57. The summed E-state index contributed by atoms with van der Waals surface area (Å²) in [4.78, 5) is 26.5. The highest BCUT2D eigenvalue weighted by atomic mass is 16.7. The highest BCUT2D eigenvalue weighted by molar-refractivity contribution is 5.68. The van der Waals surface area contributed by atoms with Gasteiger partial charge in [0.2, 0.25) is 0 Å². The monoisotopic (exact) mass is 519 g/mol. The first kappa shape index (κ1) is 27.8. The highest BCUT2D eigenvalue weighted by Crippen LogP contribution is 2.39. The molecule has 2 atom stereocenters. The van der Waals surface area contributed by atoms with Crippen molar-refractivity contribution in [3.63, 3.8) is 0 Å². The predicted molar refractivity (Wildman–Crippen MR) is 149 cm³/mol. The molecule has 1 fully saturated rings. The Morgan fingerprint density at radius 1 is 1.16 bits per heavy atom. The molecule has 2 heterocycles. The van der Waals surface area contributed by atoms with E-state index in [0.717, 1.165) is 35.5 Å². The molecule has 1 saturated heterocycles. The van der Waals surface area contributed by atoms with E-state index in [4.69, 9.17) is 15.6 Å². The number of benzene rings is 2. The van der Waals surface area contributed by atoms with Crippen LogP contribution in [0.25, 0.3) is 11.3 Å². The number of hydroxylamine groups is 2. The third kappa shape index (κ3) is 7.01. The minimum atomic E-state index is -0.495. The first-order valence-corrected chi connectivity index (χ1v) is 13.5. The van der Waals surface area contributed by atoms with E-state index in [1.54, 1.807) is 9.96 Å². The number of rotatable bonds is 9.